The number of aromatic nitrogens is 1. The number of hydrogen-bond donors (Lipinski definition) is 1. The lowest BCUT2D eigenvalue weighted by molar-refractivity contribution is 0.333. The summed E-state index contributed by atoms with van der Waals surface area (Å²) in [5, 5.41) is 3.57. The average Bonchev–Trinajstić information content (AvgIpc) is 2.51. The van der Waals surface area contributed by atoms with Gasteiger partial charge in [-0.15, -0.1) is 0 Å². The number of hydrogen-bond acceptors (Lipinski definition) is 3. The Morgan fingerprint density at radius 2 is 2.00 bits per heavy atom. The molecule has 0 spiro atoms. The van der Waals surface area contributed by atoms with Crippen molar-refractivity contribution in [1.82, 2.24) is 10.3 Å². The van der Waals surface area contributed by atoms with E-state index in [9.17, 15) is 0 Å². The normalized spacial score (nSPS) is 12.1. The summed E-state index contributed by atoms with van der Waals surface area (Å²) in [6, 6.07) is 12.1. The molecule has 2 rings (SSSR count). The Morgan fingerprint density at radius 1 is 1.19 bits per heavy atom. The van der Waals surface area contributed by atoms with E-state index in [1.807, 2.05) is 43.5 Å². The Hall–Kier alpha value is -1.39. The van der Waals surface area contributed by atoms with E-state index in [0.717, 1.165) is 34.4 Å². The van der Waals surface area contributed by atoms with Gasteiger partial charge >= 0.3 is 0 Å². The van der Waals surface area contributed by atoms with Crippen LogP contribution < -0.4 is 10.1 Å². The lowest BCUT2D eigenvalue weighted by atomic mass is 10.0. The molecule has 0 bridgehead atoms. The summed E-state index contributed by atoms with van der Waals surface area (Å²) in [6.07, 6.45) is 2.89. The van der Waals surface area contributed by atoms with E-state index in [1.54, 1.807) is 0 Å². The number of ether oxygens (including phenoxy) is 1. The highest BCUT2D eigenvalue weighted by Crippen LogP contribution is 2.32. The van der Waals surface area contributed by atoms with E-state index in [1.165, 1.54) is 0 Å². The van der Waals surface area contributed by atoms with Gasteiger partial charge in [0.2, 0.25) is 0 Å². The third kappa shape index (κ3) is 4.05. The molecule has 1 heterocycles. The predicted octanol–water partition coefficient (Wildman–Crippen LogP) is 4.33. The van der Waals surface area contributed by atoms with Crippen molar-refractivity contribution in [3.63, 3.8) is 0 Å². The van der Waals surface area contributed by atoms with Crippen LogP contribution in [0.15, 0.2) is 47.1 Å². The van der Waals surface area contributed by atoms with Gasteiger partial charge in [-0.25, -0.2) is 0 Å². The first-order valence-corrected chi connectivity index (χ1v) is 8.12. The lowest BCUT2D eigenvalue weighted by Gasteiger charge is -2.22. The van der Waals surface area contributed by atoms with Gasteiger partial charge in [0, 0.05) is 16.2 Å². The van der Waals surface area contributed by atoms with Gasteiger partial charge in [-0.3, -0.25) is 4.98 Å². The van der Waals surface area contributed by atoms with Crippen LogP contribution >= 0.6 is 15.9 Å². The van der Waals surface area contributed by atoms with Gasteiger partial charge in [-0.2, -0.15) is 0 Å². The van der Waals surface area contributed by atoms with Crippen molar-refractivity contribution in [2.45, 2.75) is 26.3 Å². The van der Waals surface area contributed by atoms with Crippen molar-refractivity contribution in [2.24, 2.45) is 0 Å². The molecule has 1 unspecified atom stereocenters. The monoisotopic (exact) mass is 348 g/mol. The van der Waals surface area contributed by atoms with E-state index < -0.39 is 0 Å². The first-order valence-electron chi connectivity index (χ1n) is 7.33. The molecular weight excluding hydrogens is 328 g/mol. The second-order valence-electron chi connectivity index (χ2n) is 4.73. The van der Waals surface area contributed by atoms with Gasteiger partial charge in [0.1, 0.15) is 5.75 Å². The Morgan fingerprint density at radius 3 is 2.71 bits per heavy atom. The SMILES string of the molecule is CCCNC(c1ccccc1OCC)c1ncccc1Br. The fourth-order valence-electron chi connectivity index (χ4n) is 2.26. The van der Waals surface area contributed by atoms with Gasteiger partial charge < -0.3 is 10.1 Å². The van der Waals surface area contributed by atoms with Crippen LogP contribution in [0.3, 0.4) is 0 Å². The molecular formula is C17H21BrN2O. The molecule has 0 amide bonds. The average molecular weight is 349 g/mol. The van der Waals surface area contributed by atoms with E-state index in [4.69, 9.17) is 4.74 Å². The molecule has 0 saturated heterocycles. The van der Waals surface area contributed by atoms with E-state index in [2.05, 4.69) is 39.2 Å². The minimum absolute atomic E-state index is 0.0169. The van der Waals surface area contributed by atoms with Gasteiger partial charge in [-0.05, 0) is 54.0 Å². The Balaban J connectivity index is 2.43. The zero-order chi connectivity index (χ0) is 15.1. The van der Waals surface area contributed by atoms with E-state index in [0.29, 0.717) is 6.61 Å². The van der Waals surface area contributed by atoms with Crippen LogP contribution in [0.1, 0.15) is 37.6 Å². The molecule has 2 aromatic rings. The van der Waals surface area contributed by atoms with E-state index >= 15 is 0 Å². The standard InChI is InChI=1S/C17H21BrN2O/c1-3-11-19-16(17-14(18)9-7-12-20-17)13-8-5-6-10-15(13)21-4-2/h5-10,12,16,19H,3-4,11H2,1-2H3. The summed E-state index contributed by atoms with van der Waals surface area (Å²) < 4.78 is 6.78. The first-order chi connectivity index (χ1) is 10.3. The second-order valence-corrected chi connectivity index (χ2v) is 5.58. The number of rotatable bonds is 7. The molecule has 112 valence electrons. The number of nitrogens with zero attached hydrogens (tertiary/aromatic N) is 1. The molecule has 0 aliphatic heterocycles. The summed E-state index contributed by atoms with van der Waals surface area (Å²) in [5.41, 5.74) is 2.10. The molecule has 4 heteroatoms. The maximum absolute atomic E-state index is 5.78. The van der Waals surface area contributed by atoms with Crippen LogP contribution in [-0.4, -0.2) is 18.1 Å². The van der Waals surface area contributed by atoms with Crippen molar-refractivity contribution in [3.8, 4) is 5.75 Å². The molecule has 1 aromatic heterocycles. The highest BCUT2D eigenvalue weighted by atomic mass is 79.9. The molecule has 1 aromatic carbocycles. The minimum Gasteiger partial charge on any atom is -0.494 e. The molecule has 0 saturated carbocycles. The molecule has 0 aliphatic carbocycles. The summed E-state index contributed by atoms with van der Waals surface area (Å²) in [5.74, 6) is 0.908. The molecule has 0 aliphatic rings. The minimum atomic E-state index is 0.0169. The van der Waals surface area contributed by atoms with Crippen LogP contribution in [0.2, 0.25) is 0 Å². The van der Waals surface area contributed by atoms with Crippen LogP contribution in [0, 0.1) is 0 Å². The zero-order valence-corrected chi connectivity index (χ0v) is 14.1. The van der Waals surface area contributed by atoms with Gasteiger partial charge in [0.15, 0.2) is 0 Å². The van der Waals surface area contributed by atoms with Gasteiger partial charge in [0.25, 0.3) is 0 Å². The summed E-state index contributed by atoms with van der Waals surface area (Å²) in [4.78, 5) is 4.54. The Labute approximate surface area is 134 Å². The molecule has 21 heavy (non-hydrogen) atoms. The summed E-state index contributed by atoms with van der Waals surface area (Å²) >= 11 is 3.61. The summed E-state index contributed by atoms with van der Waals surface area (Å²) in [6.45, 7) is 5.74. The maximum Gasteiger partial charge on any atom is 0.124 e. The maximum atomic E-state index is 5.78. The molecule has 0 radical (unpaired) electrons. The largest absolute Gasteiger partial charge is 0.494 e. The smallest absolute Gasteiger partial charge is 0.124 e. The number of benzene rings is 1. The number of pyridine rings is 1. The Kier molecular flexibility index (Phi) is 6.21. The van der Waals surface area contributed by atoms with Gasteiger partial charge in [-0.1, -0.05) is 25.1 Å². The fourth-order valence-corrected chi connectivity index (χ4v) is 2.74. The molecule has 3 nitrogen and oxygen atoms in total. The van der Waals surface area contributed by atoms with E-state index in [-0.39, 0.29) is 6.04 Å². The van der Waals surface area contributed by atoms with Crippen LogP contribution in [0.25, 0.3) is 0 Å². The van der Waals surface area contributed by atoms with Crippen molar-refractivity contribution >= 4 is 15.9 Å². The number of nitrogens with one attached hydrogen (secondary N) is 1. The number of halogens is 1. The highest BCUT2D eigenvalue weighted by Gasteiger charge is 2.20. The van der Waals surface area contributed by atoms with Crippen molar-refractivity contribution in [2.75, 3.05) is 13.2 Å². The van der Waals surface area contributed by atoms with Gasteiger partial charge in [0.05, 0.1) is 18.3 Å². The van der Waals surface area contributed by atoms with Crippen LogP contribution in [0.4, 0.5) is 0 Å². The topological polar surface area (TPSA) is 34.1 Å². The lowest BCUT2D eigenvalue weighted by Crippen LogP contribution is -2.25. The predicted molar refractivity (Wildman–Crippen MR) is 89.7 cm³/mol. The fraction of sp³-hybridized carbons (Fsp3) is 0.353. The third-order valence-electron chi connectivity index (χ3n) is 3.19. The van der Waals surface area contributed by atoms with Crippen LogP contribution in [0.5, 0.6) is 5.75 Å². The van der Waals surface area contributed by atoms with Crippen molar-refractivity contribution in [3.05, 3.63) is 58.3 Å². The number of para-hydroxylation sites is 1. The Bertz CT molecular complexity index is 574. The highest BCUT2D eigenvalue weighted by molar-refractivity contribution is 9.10. The zero-order valence-electron chi connectivity index (χ0n) is 12.5. The molecule has 1 N–H and O–H groups in total. The van der Waals surface area contributed by atoms with Crippen molar-refractivity contribution < 1.29 is 4.74 Å². The summed E-state index contributed by atoms with van der Waals surface area (Å²) in [7, 11) is 0. The second kappa shape index (κ2) is 8.15. The van der Waals surface area contributed by atoms with Crippen LogP contribution in [-0.2, 0) is 0 Å². The first kappa shape index (κ1) is 16.0. The molecule has 0 fully saturated rings. The van der Waals surface area contributed by atoms with Crippen molar-refractivity contribution in [1.29, 1.82) is 0 Å². The quantitative estimate of drug-likeness (QED) is 0.808. The third-order valence-corrected chi connectivity index (χ3v) is 3.86. The molecule has 1 atom stereocenters.